The Morgan fingerprint density at radius 3 is 2.52 bits per heavy atom. The first kappa shape index (κ1) is 15.9. The van der Waals surface area contributed by atoms with Crippen LogP contribution in [0.5, 0.6) is 0 Å². The minimum Gasteiger partial charge on any atom is -0.364 e. The number of hydrogen-bond acceptors (Lipinski definition) is 4. The Balaban J connectivity index is 2.09. The van der Waals surface area contributed by atoms with Crippen molar-refractivity contribution in [3.63, 3.8) is 0 Å². The standard InChI is InChI=1S/C16H25N3O2/c1-18(2)10-11-19(13-6-4-3-5-7-13)16(20)15-9-8-14(12-17)21-15/h3-7,14-15H,8-12,17H2,1-2H3/t14-,15+/m1/s1. The smallest absolute Gasteiger partial charge is 0.256 e. The van der Waals surface area contributed by atoms with Crippen LogP contribution < -0.4 is 10.6 Å². The quantitative estimate of drug-likeness (QED) is 0.852. The first-order valence-corrected chi connectivity index (χ1v) is 7.48. The molecule has 116 valence electrons. The largest absolute Gasteiger partial charge is 0.364 e. The van der Waals surface area contributed by atoms with Gasteiger partial charge in [0.05, 0.1) is 6.10 Å². The molecular weight excluding hydrogens is 266 g/mol. The van der Waals surface area contributed by atoms with Crippen LogP contribution in [-0.2, 0) is 9.53 Å². The van der Waals surface area contributed by atoms with Crippen LogP contribution in [0.25, 0.3) is 0 Å². The van der Waals surface area contributed by atoms with Crippen molar-refractivity contribution in [2.24, 2.45) is 5.73 Å². The molecule has 1 amide bonds. The number of carbonyl (C=O) groups is 1. The molecule has 0 aliphatic carbocycles. The molecule has 1 heterocycles. The highest BCUT2D eigenvalue weighted by Crippen LogP contribution is 2.23. The topological polar surface area (TPSA) is 58.8 Å². The van der Waals surface area contributed by atoms with Crippen LogP contribution in [-0.4, -0.2) is 56.7 Å². The van der Waals surface area contributed by atoms with Crippen LogP contribution in [0.3, 0.4) is 0 Å². The van der Waals surface area contributed by atoms with Crippen LogP contribution in [0.15, 0.2) is 30.3 Å². The predicted octanol–water partition coefficient (Wildman–Crippen LogP) is 1.09. The molecule has 0 aromatic heterocycles. The Morgan fingerprint density at radius 1 is 1.24 bits per heavy atom. The summed E-state index contributed by atoms with van der Waals surface area (Å²) in [5, 5.41) is 0. The van der Waals surface area contributed by atoms with Gasteiger partial charge < -0.3 is 20.3 Å². The molecule has 2 rings (SSSR count). The molecule has 1 aliphatic rings. The van der Waals surface area contributed by atoms with E-state index in [4.69, 9.17) is 10.5 Å². The zero-order chi connectivity index (χ0) is 15.2. The molecule has 0 unspecified atom stereocenters. The number of nitrogens with zero attached hydrogens (tertiary/aromatic N) is 2. The number of ether oxygens (including phenoxy) is 1. The van der Waals surface area contributed by atoms with Gasteiger partial charge in [0, 0.05) is 25.3 Å². The van der Waals surface area contributed by atoms with E-state index in [1.165, 1.54) is 0 Å². The highest BCUT2D eigenvalue weighted by Gasteiger charge is 2.33. The van der Waals surface area contributed by atoms with Crippen molar-refractivity contribution < 1.29 is 9.53 Å². The summed E-state index contributed by atoms with van der Waals surface area (Å²) in [5.74, 6) is 0.0407. The van der Waals surface area contributed by atoms with Gasteiger partial charge in [-0.15, -0.1) is 0 Å². The molecule has 0 spiro atoms. The van der Waals surface area contributed by atoms with Gasteiger partial charge in [0.1, 0.15) is 6.10 Å². The first-order valence-electron chi connectivity index (χ1n) is 7.48. The third kappa shape index (κ3) is 4.27. The summed E-state index contributed by atoms with van der Waals surface area (Å²) in [6.45, 7) is 1.95. The molecule has 0 bridgehead atoms. The Morgan fingerprint density at radius 2 is 1.95 bits per heavy atom. The van der Waals surface area contributed by atoms with Gasteiger partial charge in [-0.3, -0.25) is 4.79 Å². The number of rotatable bonds is 6. The van der Waals surface area contributed by atoms with E-state index in [2.05, 4.69) is 4.90 Å². The van der Waals surface area contributed by atoms with Crippen LogP contribution in [0.1, 0.15) is 12.8 Å². The zero-order valence-electron chi connectivity index (χ0n) is 12.9. The molecule has 1 aliphatic heterocycles. The van der Waals surface area contributed by atoms with Gasteiger partial charge in [0.25, 0.3) is 5.91 Å². The number of carbonyl (C=O) groups excluding carboxylic acids is 1. The summed E-state index contributed by atoms with van der Waals surface area (Å²) in [5.41, 5.74) is 6.55. The van der Waals surface area contributed by atoms with E-state index in [0.717, 1.165) is 25.1 Å². The van der Waals surface area contributed by atoms with Gasteiger partial charge >= 0.3 is 0 Å². The van der Waals surface area contributed by atoms with E-state index in [9.17, 15) is 4.79 Å². The van der Waals surface area contributed by atoms with Crippen LogP contribution in [0.2, 0.25) is 0 Å². The number of likely N-dealkylation sites (N-methyl/N-ethyl adjacent to an activating group) is 1. The van der Waals surface area contributed by atoms with Gasteiger partial charge in [-0.2, -0.15) is 0 Å². The normalized spacial score (nSPS) is 21.7. The Bertz CT molecular complexity index is 450. The lowest BCUT2D eigenvalue weighted by Gasteiger charge is -2.27. The van der Waals surface area contributed by atoms with Crippen LogP contribution >= 0.6 is 0 Å². The summed E-state index contributed by atoms with van der Waals surface area (Å²) in [7, 11) is 4.01. The van der Waals surface area contributed by atoms with Gasteiger partial charge in [0.15, 0.2) is 0 Å². The number of nitrogens with two attached hydrogens (primary N) is 1. The number of amides is 1. The van der Waals surface area contributed by atoms with Crippen molar-refractivity contribution >= 4 is 11.6 Å². The van der Waals surface area contributed by atoms with Crippen molar-refractivity contribution in [2.75, 3.05) is 38.6 Å². The maximum absolute atomic E-state index is 12.8. The third-order valence-electron chi connectivity index (χ3n) is 3.75. The highest BCUT2D eigenvalue weighted by molar-refractivity contribution is 5.96. The lowest BCUT2D eigenvalue weighted by molar-refractivity contribution is -0.129. The second kappa shape index (κ2) is 7.54. The highest BCUT2D eigenvalue weighted by atomic mass is 16.5. The average Bonchev–Trinajstić information content (AvgIpc) is 2.97. The molecule has 1 aromatic rings. The summed E-state index contributed by atoms with van der Waals surface area (Å²) in [6.07, 6.45) is 1.28. The molecule has 1 fully saturated rings. The molecule has 2 N–H and O–H groups in total. The first-order chi connectivity index (χ1) is 10.1. The van der Waals surface area contributed by atoms with Crippen LogP contribution in [0.4, 0.5) is 5.69 Å². The molecule has 1 saturated heterocycles. The number of anilines is 1. The summed E-state index contributed by atoms with van der Waals surface area (Å²) >= 11 is 0. The van der Waals surface area contributed by atoms with E-state index in [1.807, 2.05) is 49.3 Å². The summed E-state index contributed by atoms with van der Waals surface area (Å²) < 4.78 is 5.75. The van der Waals surface area contributed by atoms with E-state index in [-0.39, 0.29) is 18.1 Å². The van der Waals surface area contributed by atoms with Gasteiger partial charge in [0.2, 0.25) is 0 Å². The fourth-order valence-electron chi connectivity index (χ4n) is 2.51. The van der Waals surface area contributed by atoms with Crippen molar-refractivity contribution in [3.05, 3.63) is 30.3 Å². The average molecular weight is 291 g/mol. The Hall–Kier alpha value is -1.43. The van der Waals surface area contributed by atoms with Crippen LogP contribution in [0, 0.1) is 0 Å². The predicted molar refractivity (Wildman–Crippen MR) is 84.3 cm³/mol. The molecule has 1 aromatic carbocycles. The minimum atomic E-state index is -0.360. The van der Waals surface area contributed by atoms with Crippen molar-refractivity contribution in [1.29, 1.82) is 0 Å². The molecule has 2 atom stereocenters. The molecule has 5 heteroatoms. The lowest BCUT2D eigenvalue weighted by Crippen LogP contribution is -2.43. The van der Waals surface area contributed by atoms with Gasteiger partial charge in [-0.25, -0.2) is 0 Å². The second-order valence-electron chi connectivity index (χ2n) is 5.69. The molecule has 21 heavy (non-hydrogen) atoms. The molecule has 5 nitrogen and oxygen atoms in total. The van der Waals surface area contributed by atoms with E-state index >= 15 is 0 Å². The second-order valence-corrected chi connectivity index (χ2v) is 5.69. The number of benzene rings is 1. The van der Waals surface area contributed by atoms with Gasteiger partial charge in [-0.05, 0) is 39.1 Å². The van der Waals surface area contributed by atoms with E-state index in [1.54, 1.807) is 0 Å². The van der Waals surface area contributed by atoms with E-state index < -0.39 is 0 Å². The molecule has 0 saturated carbocycles. The van der Waals surface area contributed by atoms with Crippen molar-refractivity contribution in [1.82, 2.24) is 4.90 Å². The number of hydrogen-bond donors (Lipinski definition) is 1. The molecule has 0 radical (unpaired) electrons. The fraction of sp³-hybridized carbons (Fsp3) is 0.562. The Labute approximate surface area is 126 Å². The third-order valence-corrected chi connectivity index (χ3v) is 3.75. The van der Waals surface area contributed by atoms with E-state index in [0.29, 0.717) is 13.1 Å². The number of para-hydroxylation sites is 1. The fourth-order valence-corrected chi connectivity index (χ4v) is 2.51. The summed E-state index contributed by atoms with van der Waals surface area (Å²) in [4.78, 5) is 16.7. The lowest BCUT2D eigenvalue weighted by atomic mass is 10.1. The Kier molecular flexibility index (Phi) is 5.73. The maximum Gasteiger partial charge on any atom is 0.256 e. The summed E-state index contributed by atoms with van der Waals surface area (Å²) in [6, 6.07) is 9.77. The SMILES string of the molecule is CN(C)CCN(C(=O)[C@@H]1CC[C@H](CN)O1)c1ccccc1. The van der Waals surface area contributed by atoms with Crippen molar-refractivity contribution in [3.8, 4) is 0 Å². The monoisotopic (exact) mass is 291 g/mol. The maximum atomic E-state index is 12.8. The van der Waals surface area contributed by atoms with Gasteiger partial charge in [-0.1, -0.05) is 18.2 Å². The van der Waals surface area contributed by atoms with Crippen molar-refractivity contribution in [2.45, 2.75) is 25.0 Å². The molecular formula is C16H25N3O2. The zero-order valence-corrected chi connectivity index (χ0v) is 12.9. The minimum absolute atomic E-state index is 0.0189.